The molecule has 0 radical (unpaired) electrons. The fourth-order valence-corrected chi connectivity index (χ4v) is 6.05. The van der Waals surface area contributed by atoms with Crippen molar-refractivity contribution in [3.63, 3.8) is 0 Å². The molecule has 232 valence electrons. The molecule has 1 aliphatic rings. The summed E-state index contributed by atoms with van der Waals surface area (Å²) in [6, 6.07) is 23.2. The number of fused-ring (bicyclic) bond motifs is 1. The number of hydrogen-bond donors (Lipinski definition) is 3. The van der Waals surface area contributed by atoms with Crippen LogP contribution in [0.1, 0.15) is 50.4 Å². The van der Waals surface area contributed by atoms with Gasteiger partial charge in [-0.25, -0.2) is 14.3 Å². The number of amides is 4. The van der Waals surface area contributed by atoms with Crippen molar-refractivity contribution in [2.75, 3.05) is 29.0 Å². The lowest BCUT2D eigenvalue weighted by molar-refractivity contribution is 0.182. The number of urea groups is 2. The number of aryl methyl sites for hydroxylation is 1. The number of benzene rings is 3. The zero-order valence-corrected chi connectivity index (χ0v) is 26.8. The highest BCUT2D eigenvalue weighted by atomic mass is 32.1. The smallest absolute Gasteiger partial charge is 0.324 e. The fraction of sp³-hybridized carbons (Fsp3) is 0.324. The Morgan fingerprint density at radius 3 is 2.36 bits per heavy atom. The Bertz CT molecular complexity index is 1800. The van der Waals surface area contributed by atoms with Crippen LogP contribution in [0.3, 0.4) is 0 Å². The predicted octanol–water partition coefficient (Wildman–Crippen LogP) is 7.61. The van der Waals surface area contributed by atoms with E-state index in [-0.39, 0.29) is 17.5 Å². The summed E-state index contributed by atoms with van der Waals surface area (Å²) in [5.41, 5.74) is 6.89. The summed E-state index contributed by atoms with van der Waals surface area (Å²) in [4.78, 5) is 27.8. The second-order valence-electron chi connectivity index (χ2n) is 12.7. The molecule has 0 spiro atoms. The summed E-state index contributed by atoms with van der Waals surface area (Å²) in [6.45, 7) is 9.76. The Morgan fingerprint density at radius 2 is 1.64 bits per heavy atom. The highest BCUT2D eigenvalue weighted by molar-refractivity contribution is 7.00. The van der Waals surface area contributed by atoms with Gasteiger partial charge in [0.1, 0.15) is 16.9 Å². The molecule has 45 heavy (non-hydrogen) atoms. The Hall–Kier alpha value is -4.77. The van der Waals surface area contributed by atoms with Crippen LogP contribution in [0.4, 0.5) is 26.8 Å². The number of hydrogen-bond acceptors (Lipinski definition) is 6. The van der Waals surface area contributed by atoms with Crippen LogP contribution in [-0.2, 0) is 11.8 Å². The van der Waals surface area contributed by atoms with E-state index in [0.717, 1.165) is 59.0 Å². The van der Waals surface area contributed by atoms with E-state index in [1.165, 1.54) is 5.56 Å². The summed E-state index contributed by atoms with van der Waals surface area (Å²) in [5.74, 6) is 1.09. The largest absolute Gasteiger partial charge is 0.325 e. The van der Waals surface area contributed by atoms with E-state index in [2.05, 4.69) is 57.6 Å². The van der Waals surface area contributed by atoms with Gasteiger partial charge in [-0.05, 0) is 74.1 Å². The minimum absolute atomic E-state index is 0.0980. The van der Waals surface area contributed by atoms with Gasteiger partial charge in [-0.3, -0.25) is 5.32 Å². The number of piperidine rings is 1. The van der Waals surface area contributed by atoms with Crippen LogP contribution >= 0.6 is 11.7 Å². The van der Waals surface area contributed by atoms with E-state index in [9.17, 15) is 9.59 Å². The standard InChI is InChI=1S/C34H38N8O2S/c1-22-8-14-26(15-9-22)42-30(21-29(38-42)34(2,3)4)37-32(43)35-25-12-10-23(11-13-25)20-24-16-18-41(19-17-24)33(44)36-27-6-5-7-28-31(27)40-45-39-28/h5-15,21,24H,16-20H2,1-4H3,(H,36,44)(H2,35,37,43). The topological polar surface area (TPSA) is 117 Å². The van der Waals surface area contributed by atoms with Crippen molar-refractivity contribution in [2.24, 2.45) is 5.92 Å². The van der Waals surface area contributed by atoms with Crippen molar-refractivity contribution in [1.82, 2.24) is 23.4 Å². The van der Waals surface area contributed by atoms with Crippen LogP contribution in [0.5, 0.6) is 0 Å². The quantitative estimate of drug-likeness (QED) is 0.180. The molecule has 0 bridgehead atoms. The van der Waals surface area contributed by atoms with Crippen LogP contribution in [-0.4, -0.2) is 48.6 Å². The third-order valence-corrected chi connectivity index (χ3v) is 8.71. The number of carbonyl (C=O) groups is 2. The minimum atomic E-state index is -0.329. The molecule has 0 unspecified atom stereocenters. The Kier molecular flexibility index (Phi) is 8.53. The Morgan fingerprint density at radius 1 is 0.911 bits per heavy atom. The van der Waals surface area contributed by atoms with Gasteiger partial charge in [-0.15, -0.1) is 0 Å². The molecule has 3 heterocycles. The van der Waals surface area contributed by atoms with Crippen LogP contribution in [0, 0.1) is 12.8 Å². The van der Waals surface area contributed by atoms with Crippen molar-refractivity contribution in [1.29, 1.82) is 0 Å². The Balaban J connectivity index is 1.01. The zero-order chi connectivity index (χ0) is 31.6. The molecular weight excluding hydrogens is 584 g/mol. The summed E-state index contributed by atoms with van der Waals surface area (Å²) < 4.78 is 10.3. The number of rotatable bonds is 6. The van der Waals surface area contributed by atoms with Gasteiger partial charge in [-0.1, -0.05) is 56.7 Å². The van der Waals surface area contributed by atoms with Crippen LogP contribution < -0.4 is 16.0 Å². The molecular formula is C34H38N8O2S. The molecule has 2 aromatic heterocycles. The SMILES string of the molecule is Cc1ccc(-n2nc(C(C)(C)C)cc2NC(=O)Nc2ccc(CC3CCN(C(=O)Nc4cccc5nsnc45)CC3)cc2)cc1. The molecule has 5 aromatic rings. The lowest BCUT2D eigenvalue weighted by Crippen LogP contribution is -2.41. The number of carbonyl (C=O) groups excluding carboxylic acids is 2. The number of likely N-dealkylation sites (tertiary alicyclic amines) is 1. The van der Waals surface area contributed by atoms with E-state index in [1.807, 2.05) is 72.5 Å². The fourth-order valence-electron chi connectivity index (χ4n) is 5.50. The third kappa shape index (κ3) is 7.15. The van der Waals surface area contributed by atoms with E-state index in [1.54, 1.807) is 4.68 Å². The first-order valence-corrected chi connectivity index (χ1v) is 16.0. The monoisotopic (exact) mass is 622 g/mol. The van der Waals surface area contributed by atoms with Crippen molar-refractivity contribution in [3.05, 3.63) is 89.6 Å². The summed E-state index contributed by atoms with van der Waals surface area (Å²) in [7, 11) is 0. The molecule has 3 aromatic carbocycles. The van der Waals surface area contributed by atoms with Gasteiger partial charge in [0.2, 0.25) is 0 Å². The normalized spacial score (nSPS) is 14.0. The molecule has 0 atom stereocenters. The highest BCUT2D eigenvalue weighted by Crippen LogP contribution is 2.28. The van der Waals surface area contributed by atoms with Gasteiger partial charge < -0.3 is 15.5 Å². The lowest BCUT2D eigenvalue weighted by atomic mass is 9.90. The van der Waals surface area contributed by atoms with Crippen LogP contribution in [0.2, 0.25) is 0 Å². The van der Waals surface area contributed by atoms with Crippen LogP contribution in [0.15, 0.2) is 72.8 Å². The average molecular weight is 623 g/mol. The van der Waals surface area contributed by atoms with Gasteiger partial charge in [0.05, 0.1) is 28.8 Å². The average Bonchev–Trinajstić information content (AvgIpc) is 3.67. The summed E-state index contributed by atoms with van der Waals surface area (Å²) in [5, 5.41) is 13.7. The molecule has 10 nitrogen and oxygen atoms in total. The van der Waals surface area contributed by atoms with Gasteiger partial charge in [0.15, 0.2) is 0 Å². The van der Waals surface area contributed by atoms with Gasteiger partial charge >= 0.3 is 12.1 Å². The van der Waals surface area contributed by atoms with Gasteiger partial charge in [-0.2, -0.15) is 13.8 Å². The molecule has 6 rings (SSSR count). The van der Waals surface area contributed by atoms with E-state index < -0.39 is 0 Å². The molecule has 1 aliphatic heterocycles. The number of nitrogens with one attached hydrogen (secondary N) is 3. The van der Waals surface area contributed by atoms with E-state index in [0.29, 0.717) is 36.2 Å². The second kappa shape index (κ2) is 12.7. The van der Waals surface area contributed by atoms with Crippen molar-refractivity contribution in [3.8, 4) is 5.69 Å². The minimum Gasteiger partial charge on any atom is -0.325 e. The molecule has 0 aliphatic carbocycles. The van der Waals surface area contributed by atoms with E-state index >= 15 is 0 Å². The third-order valence-electron chi connectivity index (χ3n) is 8.16. The first-order chi connectivity index (χ1) is 21.6. The van der Waals surface area contributed by atoms with Crippen molar-refractivity contribution >= 4 is 52.0 Å². The molecule has 3 N–H and O–H groups in total. The molecule has 0 saturated carbocycles. The molecule has 1 saturated heterocycles. The first-order valence-electron chi connectivity index (χ1n) is 15.2. The maximum absolute atomic E-state index is 13.0. The summed E-state index contributed by atoms with van der Waals surface area (Å²) >= 11 is 1.14. The first kappa shape index (κ1) is 30.3. The molecule has 11 heteroatoms. The number of anilines is 3. The maximum Gasteiger partial charge on any atom is 0.324 e. The zero-order valence-electron chi connectivity index (χ0n) is 26.0. The molecule has 1 fully saturated rings. The Labute approximate surface area is 267 Å². The molecule has 4 amide bonds. The maximum atomic E-state index is 13.0. The van der Waals surface area contributed by atoms with Gasteiger partial charge in [0, 0.05) is 30.3 Å². The van der Waals surface area contributed by atoms with Crippen molar-refractivity contribution < 1.29 is 9.59 Å². The lowest BCUT2D eigenvalue weighted by Gasteiger charge is -2.32. The number of nitrogens with zero attached hydrogens (tertiary/aromatic N) is 5. The summed E-state index contributed by atoms with van der Waals surface area (Å²) in [6.07, 6.45) is 2.80. The van der Waals surface area contributed by atoms with E-state index in [4.69, 9.17) is 5.10 Å². The van der Waals surface area contributed by atoms with Crippen molar-refractivity contribution in [2.45, 2.75) is 52.4 Å². The highest BCUT2D eigenvalue weighted by Gasteiger charge is 2.24. The predicted molar refractivity (Wildman–Crippen MR) is 181 cm³/mol. The number of aromatic nitrogens is 4. The van der Waals surface area contributed by atoms with Gasteiger partial charge in [0.25, 0.3) is 0 Å². The second-order valence-corrected chi connectivity index (χ2v) is 13.2. The van der Waals surface area contributed by atoms with Crippen LogP contribution in [0.25, 0.3) is 16.7 Å².